The van der Waals surface area contributed by atoms with Crippen LogP contribution in [0.25, 0.3) is 11.1 Å². The Morgan fingerprint density at radius 3 is 1.75 bits per heavy atom. The van der Waals surface area contributed by atoms with Gasteiger partial charge in [-0.05, 0) is 66.8 Å². The molecule has 0 N–H and O–H groups in total. The molecule has 4 rings (SSSR count). The van der Waals surface area contributed by atoms with Crippen molar-refractivity contribution in [3.63, 3.8) is 0 Å². The third kappa shape index (κ3) is 6.23. The van der Waals surface area contributed by atoms with Gasteiger partial charge in [-0.1, -0.05) is 31.9 Å². The molecule has 1 aliphatic rings. The normalized spacial score (nSPS) is 18.2. The van der Waals surface area contributed by atoms with E-state index in [1.807, 2.05) is 0 Å². The molecule has 40 heavy (non-hydrogen) atoms. The average Bonchev–Trinajstić information content (AvgIpc) is 2.82. The molecular formula is C29H24F10O. The molecule has 0 amide bonds. The summed E-state index contributed by atoms with van der Waals surface area (Å²) in [6.45, 7) is 2.12. The third-order valence-corrected chi connectivity index (χ3v) is 7.20. The molecule has 0 aromatic heterocycles. The van der Waals surface area contributed by atoms with Crippen molar-refractivity contribution >= 4 is 0 Å². The summed E-state index contributed by atoms with van der Waals surface area (Å²) < 4.78 is 144. The molecule has 0 aliphatic heterocycles. The first-order chi connectivity index (χ1) is 18.7. The van der Waals surface area contributed by atoms with Crippen LogP contribution in [0.4, 0.5) is 43.9 Å². The van der Waals surface area contributed by atoms with E-state index < -0.39 is 63.8 Å². The van der Waals surface area contributed by atoms with Crippen molar-refractivity contribution in [1.82, 2.24) is 0 Å². The number of benzene rings is 3. The van der Waals surface area contributed by atoms with Crippen LogP contribution < -0.4 is 4.74 Å². The average molecular weight is 578 g/mol. The quantitative estimate of drug-likeness (QED) is 0.254. The molecule has 1 fully saturated rings. The van der Waals surface area contributed by atoms with Crippen molar-refractivity contribution in [2.24, 2.45) is 5.92 Å². The van der Waals surface area contributed by atoms with Crippen molar-refractivity contribution in [2.45, 2.75) is 63.7 Å². The van der Waals surface area contributed by atoms with Gasteiger partial charge in [0.05, 0.1) is 0 Å². The van der Waals surface area contributed by atoms with Crippen molar-refractivity contribution in [3.05, 3.63) is 88.2 Å². The first kappa shape index (κ1) is 29.7. The molecule has 3 aromatic carbocycles. The Morgan fingerprint density at radius 1 is 0.700 bits per heavy atom. The monoisotopic (exact) mass is 578 g/mol. The van der Waals surface area contributed by atoms with Crippen LogP contribution in [-0.2, 0) is 12.3 Å². The molecular weight excluding hydrogens is 554 g/mol. The van der Waals surface area contributed by atoms with E-state index >= 15 is 0 Å². The molecule has 0 spiro atoms. The highest BCUT2D eigenvalue weighted by Crippen LogP contribution is 2.42. The molecule has 0 saturated heterocycles. The summed E-state index contributed by atoms with van der Waals surface area (Å²) >= 11 is 0. The summed E-state index contributed by atoms with van der Waals surface area (Å²) in [5, 5.41) is 0. The van der Waals surface area contributed by atoms with Crippen LogP contribution in [0, 0.1) is 35.0 Å². The fraction of sp³-hybridized carbons (Fsp3) is 0.379. The van der Waals surface area contributed by atoms with Gasteiger partial charge in [-0.3, -0.25) is 0 Å². The number of alkyl halides is 5. The second-order valence-electron chi connectivity index (χ2n) is 9.94. The predicted molar refractivity (Wildman–Crippen MR) is 127 cm³/mol. The SMILES string of the molecule is CCCC1CCC(c2ccc(-c3cc(F)c(C(F)(F)Oc4cc(F)c(C(F)(F)F)c(F)c4)c(F)c3)c(F)c2)CC1. The minimum absolute atomic E-state index is 0.128. The van der Waals surface area contributed by atoms with Crippen molar-refractivity contribution < 1.29 is 48.6 Å². The van der Waals surface area contributed by atoms with Crippen molar-refractivity contribution in [2.75, 3.05) is 0 Å². The number of hydrogen-bond acceptors (Lipinski definition) is 1. The van der Waals surface area contributed by atoms with E-state index in [9.17, 15) is 43.9 Å². The lowest BCUT2D eigenvalue weighted by molar-refractivity contribution is -0.189. The van der Waals surface area contributed by atoms with Crippen LogP contribution in [0.3, 0.4) is 0 Å². The number of halogens is 10. The summed E-state index contributed by atoms with van der Waals surface area (Å²) in [6, 6.07) is 4.70. The number of rotatable bonds is 7. The Labute approximate surface area is 223 Å². The highest BCUT2D eigenvalue weighted by Gasteiger charge is 2.43. The fourth-order valence-corrected chi connectivity index (χ4v) is 5.30. The van der Waals surface area contributed by atoms with E-state index in [0.29, 0.717) is 18.1 Å². The summed E-state index contributed by atoms with van der Waals surface area (Å²) in [6.07, 6.45) is -4.35. The largest absolute Gasteiger partial charge is 0.432 e. The molecule has 0 atom stereocenters. The maximum absolute atomic E-state index is 15.0. The molecule has 216 valence electrons. The van der Waals surface area contributed by atoms with Crippen LogP contribution in [0.1, 0.15) is 68.1 Å². The minimum atomic E-state index is -5.47. The maximum atomic E-state index is 15.0. The molecule has 1 saturated carbocycles. The van der Waals surface area contributed by atoms with Crippen LogP contribution in [0.15, 0.2) is 42.5 Å². The Morgan fingerprint density at radius 2 is 1.25 bits per heavy atom. The van der Waals surface area contributed by atoms with Crippen molar-refractivity contribution in [1.29, 1.82) is 0 Å². The van der Waals surface area contributed by atoms with E-state index in [2.05, 4.69) is 11.7 Å². The Bertz CT molecular complexity index is 1330. The van der Waals surface area contributed by atoms with Gasteiger partial charge in [0, 0.05) is 17.7 Å². The lowest BCUT2D eigenvalue weighted by atomic mass is 9.77. The zero-order valence-corrected chi connectivity index (χ0v) is 21.1. The summed E-state index contributed by atoms with van der Waals surface area (Å²) in [7, 11) is 0. The molecule has 0 unspecified atom stereocenters. The smallest absolute Gasteiger partial charge is 0.429 e. The van der Waals surface area contributed by atoms with Crippen LogP contribution in [0.5, 0.6) is 5.75 Å². The molecule has 0 bridgehead atoms. The number of hydrogen-bond donors (Lipinski definition) is 0. The second-order valence-corrected chi connectivity index (χ2v) is 9.94. The first-order valence-corrected chi connectivity index (χ1v) is 12.6. The van der Waals surface area contributed by atoms with Gasteiger partial charge in [0.2, 0.25) is 0 Å². The lowest BCUT2D eigenvalue weighted by Gasteiger charge is -2.28. The van der Waals surface area contributed by atoms with E-state index in [0.717, 1.165) is 44.1 Å². The van der Waals surface area contributed by atoms with Crippen LogP contribution in [-0.4, -0.2) is 0 Å². The van der Waals surface area contributed by atoms with Gasteiger partial charge in [0.1, 0.15) is 46.0 Å². The van der Waals surface area contributed by atoms with Gasteiger partial charge >= 0.3 is 12.3 Å². The Hall–Kier alpha value is -3.24. The summed E-state index contributed by atoms with van der Waals surface area (Å²) in [4.78, 5) is 0. The van der Waals surface area contributed by atoms with E-state index in [-0.39, 0.29) is 23.6 Å². The highest BCUT2D eigenvalue weighted by atomic mass is 19.4. The summed E-state index contributed by atoms with van der Waals surface area (Å²) in [5.74, 6) is -9.75. The van der Waals surface area contributed by atoms with Gasteiger partial charge in [-0.25, -0.2) is 22.0 Å². The van der Waals surface area contributed by atoms with Crippen LogP contribution >= 0.6 is 0 Å². The number of ether oxygens (including phenoxy) is 1. The Kier molecular flexibility index (Phi) is 8.42. The van der Waals surface area contributed by atoms with E-state index in [1.165, 1.54) is 12.1 Å². The molecule has 11 heteroatoms. The minimum Gasteiger partial charge on any atom is -0.429 e. The predicted octanol–water partition coefficient (Wildman–Crippen LogP) is 10.3. The molecule has 1 aliphatic carbocycles. The van der Waals surface area contributed by atoms with Gasteiger partial charge < -0.3 is 4.74 Å². The molecule has 0 radical (unpaired) electrons. The first-order valence-electron chi connectivity index (χ1n) is 12.6. The second kappa shape index (κ2) is 11.3. The fourth-order valence-electron chi connectivity index (χ4n) is 5.30. The van der Waals surface area contributed by atoms with Gasteiger partial charge in [0.25, 0.3) is 0 Å². The van der Waals surface area contributed by atoms with Gasteiger partial charge in [-0.2, -0.15) is 22.0 Å². The summed E-state index contributed by atoms with van der Waals surface area (Å²) in [5.41, 5.74) is -4.23. The van der Waals surface area contributed by atoms with E-state index in [1.54, 1.807) is 6.07 Å². The standard InChI is InChI=1S/C29H24F10O/c1-2-3-15-4-6-16(7-5-15)17-8-9-20(21(30)10-17)18-11-22(31)27(23(32)12-18)29(38,39)40-19-13-24(33)26(25(34)14-19)28(35,36)37/h8-16H,2-7H2,1H3. The van der Waals surface area contributed by atoms with Crippen molar-refractivity contribution in [3.8, 4) is 16.9 Å². The maximum Gasteiger partial charge on any atom is 0.432 e. The van der Waals surface area contributed by atoms with Gasteiger partial charge in [0.15, 0.2) is 0 Å². The Balaban J connectivity index is 1.57. The third-order valence-electron chi connectivity index (χ3n) is 7.20. The lowest BCUT2D eigenvalue weighted by Crippen LogP contribution is -2.25. The van der Waals surface area contributed by atoms with Crippen LogP contribution in [0.2, 0.25) is 0 Å². The zero-order valence-electron chi connectivity index (χ0n) is 21.1. The topological polar surface area (TPSA) is 9.23 Å². The molecule has 3 aromatic rings. The molecule has 0 heterocycles. The van der Waals surface area contributed by atoms with E-state index in [4.69, 9.17) is 0 Å². The van der Waals surface area contributed by atoms with Gasteiger partial charge in [-0.15, -0.1) is 0 Å². The zero-order chi connectivity index (χ0) is 29.4. The molecule has 1 nitrogen and oxygen atoms in total. The highest BCUT2D eigenvalue weighted by molar-refractivity contribution is 5.65.